The van der Waals surface area contributed by atoms with Crippen LogP contribution >= 0.6 is 15.6 Å². The number of rotatable bonds is 9. The monoisotopic (exact) mass is 571 g/mol. The SMILES string of the molecule is O=c1ccn([C@@H]2O[C@H](COP(=O)(O)OP(=O)(O)O)C(O)[C@@H]2O)c(=O)n1Cc1ncccc1-c1ccccc1. The third kappa shape index (κ3) is 6.42. The minimum atomic E-state index is -5.38. The van der Waals surface area contributed by atoms with Gasteiger partial charge < -0.3 is 29.6 Å². The number of phosphoric ester groups is 1. The van der Waals surface area contributed by atoms with Crippen LogP contribution in [0.4, 0.5) is 0 Å². The van der Waals surface area contributed by atoms with Crippen LogP contribution in [0.5, 0.6) is 0 Å². The van der Waals surface area contributed by atoms with Crippen molar-refractivity contribution in [2.45, 2.75) is 31.1 Å². The number of phosphoric acid groups is 2. The Kier molecular flexibility index (Phi) is 8.26. The summed E-state index contributed by atoms with van der Waals surface area (Å²) in [6, 6.07) is 13.7. The van der Waals surface area contributed by atoms with Gasteiger partial charge in [0.15, 0.2) is 6.23 Å². The Morgan fingerprint density at radius 3 is 2.37 bits per heavy atom. The smallest absolute Gasteiger partial charge is 0.387 e. The zero-order valence-electron chi connectivity index (χ0n) is 19.3. The number of pyridine rings is 1. The molecule has 0 bridgehead atoms. The summed E-state index contributed by atoms with van der Waals surface area (Å²) in [5.41, 5.74) is 0.339. The quantitative estimate of drug-likeness (QED) is 0.213. The Balaban J connectivity index is 1.58. The molecule has 0 radical (unpaired) electrons. The third-order valence-corrected chi connectivity index (χ3v) is 7.75. The lowest BCUT2D eigenvalue weighted by Gasteiger charge is -2.19. The molecule has 0 spiro atoms. The molecule has 0 saturated carbocycles. The summed E-state index contributed by atoms with van der Waals surface area (Å²) in [7, 11) is -10.6. The molecule has 1 aliphatic rings. The molecule has 1 aliphatic heterocycles. The van der Waals surface area contributed by atoms with Crippen LogP contribution in [0.2, 0.25) is 0 Å². The topological polar surface area (TPSA) is 220 Å². The Morgan fingerprint density at radius 2 is 1.68 bits per heavy atom. The molecule has 204 valence electrons. The molecule has 0 amide bonds. The number of hydrogen-bond acceptors (Lipinski definition) is 10. The van der Waals surface area contributed by atoms with Gasteiger partial charge in [0.2, 0.25) is 0 Å². The highest BCUT2D eigenvalue weighted by Crippen LogP contribution is 2.57. The zero-order chi connectivity index (χ0) is 27.7. The van der Waals surface area contributed by atoms with Crippen molar-refractivity contribution in [3.05, 3.63) is 87.5 Å². The van der Waals surface area contributed by atoms with Gasteiger partial charge in [-0.2, -0.15) is 4.31 Å². The van der Waals surface area contributed by atoms with Crippen LogP contribution in [0.1, 0.15) is 11.9 Å². The van der Waals surface area contributed by atoms with E-state index in [2.05, 4.69) is 13.8 Å². The van der Waals surface area contributed by atoms with Crippen LogP contribution in [0.25, 0.3) is 11.1 Å². The zero-order valence-corrected chi connectivity index (χ0v) is 21.1. The van der Waals surface area contributed by atoms with E-state index in [1.165, 1.54) is 6.20 Å². The van der Waals surface area contributed by atoms with E-state index in [-0.39, 0.29) is 6.54 Å². The van der Waals surface area contributed by atoms with Gasteiger partial charge in [-0.3, -0.25) is 23.4 Å². The first kappa shape index (κ1) is 28.2. The molecule has 3 heterocycles. The van der Waals surface area contributed by atoms with E-state index in [0.717, 1.165) is 27.0 Å². The van der Waals surface area contributed by atoms with E-state index in [9.17, 15) is 33.8 Å². The van der Waals surface area contributed by atoms with Crippen molar-refractivity contribution >= 4 is 15.6 Å². The Hall–Kier alpha value is -2.81. The maximum absolute atomic E-state index is 13.3. The Labute approximate surface area is 214 Å². The lowest BCUT2D eigenvalue weighted by Crippen LogP contribution is -2.43. The number of benzene rings is 1. The van der Waals surface area contributed by atoms with Crippen LogP contribution < -0.4 is 11.2 Å². The molecule has 5 atom stereocenters. The van der Waals surface area contributed by atoms with Crippen molar-refractivity contribution in [2.75, 3.05) is 6.61 Å². The molecule has 1 saturated heterocycles. The molecule has 5 N–H and O–H groups in total. The second-order valence-electron chi connectivity index (χ2n) is 8.18. The largest absolute Gasteiger partial charge is 0.481 e. The summed E-state index contributed by atoms with van der Waals surface area (Å²) in [5.74, 6) is 0. The molecule has 4 rings (SSSR count). The van der Waals surface area contributed by atoms with Gasteiger partial charge in [0, 0.05) is 24.0 Å². The maximum Gasteiger partial charge on any atom is 0.481 e. The summed E-state index contributed by atoms with van der Waals surface area (Å²) < 4.78 is 37.7. The van der Waals surface area contributed by atoms with Crippen LogP contribution in [0.15, 0.2) is 70.5 Å². The molecule has 17 heteroatoms. The molecular formula is C21H23N3O12P2. The highest BCUT2D eigenvalue weighted by atomic mass is 31.3. The van der Waals surface area contributed by atoms with Crippen LogP contribution in [0.3, 0.4) is 0 Å². The average Bonchev–Trinajstić information content (AvgIpc) is 3.13. The van der Waals surface area contributed by atoms with E-state index in [0.29, 0.717) is 11.3 Å². The fraction of sp³-hybridized carbons (Fsp3) is 0.286. The molecule has 1 aromatic carbocycles. The fourth-order valence-corrected chi connectivity index (χ4v) is 5.49. The maximum atomic E-state index is 13.3. The summed E-state index contributed by atoms with van der Waals surface area (Å²) in [4.78, 5) is 57.0. The van der Waals surface area contributed by atoms with Crippen molar-refractivity contribution in [1.82, 2.24) is 14.1 Å². The molecule has 1 fully saturated rings. The van der Waals surface area contributed by atoms with Crippen molar-refractivity contribution < 1.29 is 47.6 Å². The normalized spacial score (nSPS) is 23.3. The second-order valence-corrected chi connectivity index (χ2v) is 11.0. The van der Waals surface area contributed by atoms with Gasteiger partial charge >= 0.3 is 21.3 Å². The van der Waals surface area contributed by atoms with E-state index < -0.39 is 58.0 Å². The standard InChI is InChI=1S/C21H23N3O12P2/c25-17-8-10-23(20-19(27)18(26)16(35-20)12-34-38(32,33)36-37(29,30)31)21(28)24(17)11-15-14(7-4-9-22-15)13-5-2-1-3-6-13/h1-10,16,18-20,26-27H,11-12H2,(H,32,33)(H2,29,30,31)/t16-,18?,19+,20-/m1/s1. The van der Waals surface area contributed by atoms with Gasteiger partial charge in [0.25, 0.3) is 5.56 Å². The third-order valence-electron chi connectivity index (χ3n) is 5.60. The van der Waals surface area contributed by atoms with Crippen LogP contribution in [0, 0.1) is 0 Å². The van der Waals surface area contributed by atoms with Crippen molar-refractivity contribution in [1.29, 1.82) is 0 Å². The number of ether oxygens (including phenoxy) is 1. The van der Waals surface area contributed by atoms with Gasteiger partial charge in [-0.15, -0.1) is 0 Å². The van der Waals surface area contributed by atoms with Gasteiger partial charge in [-0.25, -0.2) is 13.9 Å². The predicted octanol–water partition coefficient (Wildman–Crippen LogP) is -0.0342. The van der Waals surface area contributed by atoms with Gasteiger partial charge in [0.1, 0.15) is 18.3 Å². The fourth-order valence-electron chi connectivity index (χ4n) is 3.89. The summed E-state index contributed by atoms with van der Waals surface area (Å²) in [6.07, 6.45) is -3.99. The first-order chi connectivity index (χ1) is 17.9. The lowest BCUT2D eigenvalue weighted by atomic mass is 10.0. The lowest BCUT2D eigenvalue weighted by molar-refractivity contribution is -0.0547. The van der Waals surface area contributed by atoms with Crippen molar-refractivity contribution in [3.63, 3.8) is 0 Å². The van der Waals surface area contributed by atoms with Gasteiger partial charge in [-0.1, -0.05) is 36.4 Å². The number of aliphatic hydroxyl groups excluding tert-OH is 2. The molecule has 2 unspecified atom stereocenters. The summed E-state index contributed by atoms with van der Waals surface area (Å²) in [6.45, 7) is -1.17. The minimum Gasteiger partial charge on any atom is -0.387 e. The first-order valence-electron chi connectivity index (χ1n) is 10.9. The number of aromatic nitrogens is 3. The van der Waals surface area contributed by atoms with Crippen LogP contribution in [-0.4, -0.2) is 63.9 Å². The molecular weight excluding hydrogens is 548 g/mol. The average molecular weight is 571 g/mol. The molecule has 0 aliphatic carbocycles. The highest BCUT2D eigenvalue weighted by molar-refractivity contribution is 7.60. The molecule has 2 aromatic heterocycles. The Morgan fingerprint density at radius 1 is 0.974 bits per heavy atom. The molecule has 3 aromatic rings. The van der Waals surface area contributed by atoms with E-state index in [4.69, 9.17) is 14.5 Å². The Bertz CT molecular complexity index is 1510. The summed E-state index contributed by atoms with van der Waals surface area (Å²) in [5, 5.41) is 20.8. The minimum absolute atomic E-state index is 0.227. The van der Waals surface area contributed by atoms with Gasteiger partial charge in [0.05, 0.1) is 18.8 Å². The molecule has 38 heavy (non-hydrogen) atoms. The highest BCUT2D eigenvalue weighted by Gasteiger charge is 2.46. The predicted molar refractivity (Wildman–Crippen MR) is 129 cm³/mol. The van der Waals surface area contributed by atoms with E-state index >= 15 is 0 Å². The van der Waals surface area contributed by atoms with Gasteiger partial charge in [-0.05, 0) is 11.6 Å². The number of hydrogen-bond donors (Lipinski definition) is 5. The van der Waals surface area contributed by atoms with Crippen molar-refractivity contribution in [2.24, 2.45) is 0 Å². The number of aliphatic hydroxyl groups is 2. The molecule has 15 nitrogen and oxygen atoms in total. The van der Waals surface area contributed by atoms with Crippen molar-refractivity contribution in [3.8, 4) is 11.1 Å². The van der Waals surface area contributed by atoms with Crippen LogP contribution in [-0.2, 0) is 29.2 Å². The summed E-state index contributed by atoms with van der Waals surface area (Å²) >= 11 is 0. The number of nitrogens with zero attached hydrogens (tertiary/aromatic N) is 3. The first-order valence-corrected chi connectivity index (χ1v) is 14.0. The van der Waals surface area contributed by atoms with E-state index in [1.807, 2.05) is 30.3 Å². The van der Waals surface area contributed by atoms with E-state index in [1.54, 1.807) is 12.1 Å². The second kappa shape index (κ2) is 11.1.